The number of carbonyl (C=O) groups is 2. The number of hydrogen-bond donors (Lipinski definition) is 1. The summed E-state index contributed by atoms with van der Waals surface area (Å²) in [5, 5.41) is 15.4. The molecule has 1 unspecified atom stereocenters. The zero-order valence-corrected chi connectivity index (χ0v) is 16.8. The molecule has 152 valence electrons. The van der Waals surface area contributed by atoms with Crippen LogP contribution in [0.2, 0.25) is 5.02 Å². The van der Waals surface area contributed by atoms with Crippen LogP contribution in [0.4, 0.5) is 0 Å². The molecule has 1 aliphatic heterocycles. The predicted molar refractivity (Wildman–Crippen MR) is 109 cm³/mol. The standard InChI is InChI=1S/C21H21ClN2O5/c1-28-18-8-5-14(11-19(18)29-2)16-12-17(13-3-6-15(22)7-4-13)24(23-16)20(25)9-10-21(26)27/h3-8,11,17H,9-10,12H2,1-2H3,(H,26,27). The van der Waals surface area contributed by atoms with E-state index in [9.17, 15) is 9.59 Å². The summed E-state index contributed by atoms with van der Waals surface area (Å²) in [5.41, 5.74) is 2.38. The number of halogens is 1. The van der Waals surface area contributed by atoms with Gasteiger partial charge in [0.25, 0.3) is 0 Å². The fourth-order valence-corrected chi connectivity index (χ4v) is 3.33. The topological polar surface area (TPSA) is 88.4 Å². The molecule has 8 heteroatoms. The number of hydrazone groups is 1. The number of methoxy groups -OCH3 is 2. The monoisotopic (exact) mass is 416 g/mol. The lowest BCUT2D eigenvalue weighted by Crippen LogP contribution is -2.27. The van der Waals surface area contributed by atoms with E-state index in [4.69, 9.17) is 26.2 Å². The van der Waals surface area contributed by atoms with Gasteiger partial charge in [0.05, 0.1) is 32.4 Å². The summed E-state index contributed by atoms with van der Waals surface area (Å²) >= 11 is 5.99. The number of rotatable bonds is 7. The van der Waals surface area contributed by atoms with Crippen LogP contribution in [0, 0.1) is 0 Å². The molecule has 3 rings (SSSR count). The molecule has 0 fully saturated rings. The minimum atomic E-state index is -1.02. The van der Waals surface area contributed by atoms with Crippen molar-refractivity contribution in [1.29, 1.82) is 0 Å². The fraction of sp³-hybridized carbons (Fsp3) is 0.286. The lowest BCUT2D eigenvalue weighted by atomic mass is 9.98. The minimum Gasteiger partial charge on any atom is -0.493 e. The van der Waals surface area contributed by atoms with Crippen molar-refractivity contribution in [3.05, 3.63) is 58.6 Å². The van der Waals surface area contributed by atoms with Gasteiger partial charge in [-0.1, -0.05) is 23.7 Å². The van der Waals surface area contributed by atoms with E-state index in [0.29, 0.717) is 28.7 Å². The minimum absolute atomic E-state index is 0.123. The second kappa shape index (κ2) is 8.96. The SMILES string of the molecule is COc1ccc(C2=NN(C(=O)CCC(=O)O)C(c3ccc(Cl)cc3)C2)cc1OC. The Morgan fingerprint density at radius 1 is 1.10 bits per heavy atom. The Bertz CT molecular complexity index is 943. The van der Waals surface area contributed by atoms with Crippen LogP contribution in [0.3, 0.4) is 0 Å². The summed E-state index contributed by atoms with van der Waals surface area (Å²) in [5.74, 6) is -0.211. The van der Waals surface area contributed by atoms with Gasteiger partial charge in [0.1, 0.15) is 0 Å². The number of nitrogens with zero attached hydrogens (tertiary/aromatic N) is 2. The van der Waals surface area contributed by atoms with E-state index in [-0.39, 0.29) is 24.8 Å². The Morgan fingerprint density at radius 3 is 2.41 bits per heavy atom. The first-order valence-electron chi connectivity index (χ1n) is 9.02. The third-order valence-corrected chi connectivity index (χ3v) is 4.94. The van der Waals surface area contributed by atoms with Gasteiger partial charge in [0.2, 0.25) is 5.91 Å². The first-order valence-corrected chi connectivity index (χ1v) is 9.40. The zero-order valence-electron chi connectivity index (χ0n) is 16.1. The largest absolute Gasteiger partial charge is 0.493 e. The van der Waals surface area contributed by atoms with E-state index in [1.807, 2.05) is 24.3 Å². The molecule has 1 amide bonds. The van der Waals surface area contributed by atoms with Crippen molar-refractivity contribution in [2.24, 2.45) is 5.10 Å². The van der Waals surface area contributed by atoms with Gasteiger partial charge in [-0.05, 0) is 35.9 Å². The van der Waals surface area contributed by atoms with E-state index in [2.05, 4.69) is 5.10 Å². The van der Waals surface area contributed by atoms with E-state index in [1.54, 1.807) is 32.4 Å². The number of carboxylic acids is 1. The van der Waals surface area contributed by atoms with Crippen LogP contribution in [0.25, 0.3) is 0 Å². The second-order valence-corrected chi connectivity index (χ2v) is 6.96. The molecule has 2 aromatic rings. The highest BCUT2D eigenvalue weighted by Gasteiger charge is 2.33. The van der Waals surface area contributed by atoms with Gasteiger partial charge in [-0.15, -0.1) is 0 Å². The summed E-state index contributed by atoms with van der Waals surface area (Å²) < 4.78 is 10.6. The van der Waals surface area contributed by atoms with Crippen LogP contribution >= 0.6 is 11.6 Å². The lowest BCUT2D eigenvalue weighted by Gasteiger charge is -2.22. The van der Waals surface area contributed by atoms with Gasteiger partial charge in [-0.3, -0.25) is 9.59 Å². The molecule has 0 radical (unpaired) electrons. The molecule has 1 N–H and O–H groups in total. The van der Waals surface area contributed by atoms with Crippen LogP contribution in [0.15, 0.2) is 47.6 Å². The van der Waals surface area contributed by atoms with Crippen molar-refractivity contribution in [2.75, 3.05) is 14.2 Å². The van der Waals surface area contributed by atoms with Crippen LogP contribution < -0.4 is 9.47 Å². The summed E-state index contributed by atoms with van der Waals surface area (Å²) in [7, 11) is 3.11. The summed E-state index contributed by atoms with van der Waals surface area (Å²) in [6.45, 7) is 0. The summed E-state index contributed by atoms with van der Waals surface area (Å²) in [4.78, 5) is 23.6. The molecule has 1 atom stereocenters. The molecule has 7 nitrogen and oxygen atoms in total. The van der Waals surface area contributed by atoms with Crippen molar-refractivity contribution in [2.45, 2.75) is 25.3 Å². The maximum Gasteiger partial charge on any atom is 0.303 e. The normalized spacial score (nSPS) is 15.8. The Balaban J connectivity index is 1.94. The highest BCUT2D eigenvalue weighted by atomic mass is 35.5. The van der Waals surface area contributed by atoms with Gasteiger partial charge in [-0.2, -0.15) is 5.10 Å². The molecular formula is C21H21ClN2O5. The third-order valence-electron chi connectivity index (χ3n) is 4.69. The first kappa shape index (κ1) is 20.7. The molecule has 0 saturated heterocycles. The van der Waals surface area contributed by atoms with E-state index in [0.717, 1.165) is 11.1 Å². The average Bonchev–Trinajstić information content (AvgIpc) is 3.17. The van der Waals surface area contributed by atoms with Gasteiger partial charge in [0, 0.05) is 23.4 Å². The molecule has 0 aliphatic carbocycles. The predicted octanol–water partition coefficient (Wildman–Crippen LogP) is 3.90. The molecule has 0 bridgehead atoms. The number of carboxylic acid groups (broad SMARTS) is 1. The quantitative estimate of drug-likeness (QED) is 0.739. The molecule has 1 heterocycles. The maximum absolute atomic E-state index is 12.7. The number of benzene rings is 2. The van der Waals surface area contributed by atoms with Gasteiger partial charge < -0.3 is 14.6 Å². The maximum atomic E-state index is 12.7. The number of hydrogen-bond acceptors (Lipinski definition) is 5. The number of ether oxygens (including phenoxy) is 2. The molecule has 2 aromatic carbocycles. The fourth-order valence-electron chi connectivity index (χ4n) is 3.20. The Labute approximate surface area is 173 Å². The second-order valence-electron chi connectivity index (χ2n) is 6.52. The molecular weight excluding hydrogens is 396 g/mol. The number of aliphatic carboxylic acids is 1. The summed E-state index contributed by atoms with van der Waals surface area (Å²) in [6.07, 6.45) is 0.113. The molecule has 29 heavy (non-hydrogen) atoms. The third kappa shape index (κ3) is 4.68. The molecule has 0 spiro atoms. The van der Waals surface area contributed by atoms with Gasteiger partial charge >= 0.3 is 5.97 Å². The van der Waals surface area contributed by atoms with Crippen molar-refractivity contribution >= 4 is 29.2 Å². The zero-order chi connectivity index (χ0) is 21.0. The Morgan fingerprint density at radius 2 is 1.79 bits per heavy atom. The molecule has 0 aromatic heterocycles. The highest BCUT2D eigenvalue weighted by molar-refractivity contribution is 6.30. The molecule has 1 aliphatic rings. The van der Waals surface area contributed by atoms with Crippen molar-refractivity contribution in [1.82, 2.24) is 5.01 Å². The van der Waals surface area contributed by atoms with Crippen LogP contribution in [-0.2, 0) is 9.59 Å². The van der Waals surface area contributed by atoms with Crippen molar-refractivity contribution in [3.8, 4) is 11.5 Å². The van der Waals surface area contributed by atoms with Crippen LogP contribution in [0.5, 0.6) is 11.5 Å². The van der Waals surface area contributed by atoms with Gasteiger partial charge in [-0.25, -0.2) is 5.01 Å². The Hall–Kier alpha value is -3.06. The lowest BCUT2D eigenvalue weighted by molar-refractivity contribution is -0.141. The Kier molecular flexibility index (Phi) is 6.39. The van der Waals surface area contributed by atoms with Gasteiger partial charge in [0.15, 0.2) is 11.5 Å². The summed E-state index contributed by atoms with van der Waals surface area (Å²) in [6, 6.07) is 12.3. The van der Waals surface area contributed by atoms with E-state index in [1.165, 1.54) is 5.01 Å². The molecule has 0 saturated carbocycles. The van der Waals surface area contributed by atoms with E-state index < -0.39 is 5.97 Å². The number of carbonyl (C=O) groups excluding carboxylic acids is 1. The van der Waals surface area contributed by atoms with Crippen LogP contribution in [0.1, 0.15) is 36.4 Å². The highest BCUT2D eigenvalue weighted by Crippen LogP contribution is 2.36. The number of amides is 1. The van der Waals surface area contributed by atoms with Crippen molar-refractivity contribution in [3.63, 3.8) is 0 Å². The van der Waals surface area contributed by atoms with Crippen LogP contribution in [-0.4, -0.2) is 41.9 Å². The smallest absolute Gasteiger partial charge is 0.303 e. The van der Waals surface area contributed by atoms with Crippen molar-refractivity contribution < 1.29 is 24.2 Å². The first-order chi connectivity index (χ1) is 13.9. The van der Waals surface area contributed by atoms with E-state index >= 15 is 0 Å². The average molecular weight is 417 g/mol.